The van der Waals surface area contributed by atoms with Gasteiger partial charge in [-0.1, -0.05) is 0 Å². The first-order valence-electron chi connectivity index (χ1n) is 5.75. The summed E-state index contributed by atoms with van der Waals surface area (Å²) in [6.07, 6.45) is -10.9. The van der Waals surface area contributed by atoms with Crippen LogP contribution in [0.4, 0.5) is 26.3 Å². The number of alkyl halides is 6. The highest BCUT2D eigenvalue weighted by Gasteiger charge is 2.38. The van der Waals surface area contributed by atoms with Gasteiger partial charge in [0.05, 0.1) is 11.1 Å². The minimum absolute atomic E-state index is 0.0465. The van der Waals surface area contributed by atoms with Crippen LogP contribution in [0.15, 0.2) is 18.2 Å². The average Bonchev–Trinajstić information content (AvgIpc) is 2.37. The molecule has 9 heteroatoms. The molecule has 0 bridgehead atoms. The van der Waals surface area contributed by atoms with Gasteiger partial charge in [-0.05, 0) is 23.8 Å². The molecule has 2 rings (SSSR count). The zero-order valence-corrected chi connectivity index (χ0v) is 10.3. The van der Waals surface area contributed by atoms with E-state index in [9.17, 15) is 31.1 Å². The molecule has 1 unspecified atom stereocenters. The summed E-state index contributed by atoms with van der Waals surface area (Å²) in [5, 5.41) is 2.32. The van der Waals surface area contributed by atoms with Crippen molar-refractivity contribution >= 4 is 5.91 Å². The maximum absolute atomic E-state index is 12.7. The Labute approximate surface area is 114 Å². The van der Waals surface area contributed by atoms with Crippen LogP contribution in [0.1, 0.15) is 22.8 Å². The monoisotopic (exact) mass is 313 g/mol. The maximum atomic E-state index is 12.7. The average molecular weight is 313 g/mol. The molecule has 0 aromatic heterocycles. The van der Waals surface area contributed by atoms with Crippen LogP contribution >= 0.6 is 0 Å². The van der Waals surface area contributed by atoms with Crippen molar-refractivity contribution in [2.45, 2.75) is 18.5 Å². The van der Waals surface area contributed by atoms with Crippen LogP contribution in [-0.2, 0) is 21.9 Å². The SMILES string of the molecule is O=C1COC(c2cc(C(F)(F)F)cc(C(F)(F)F)c2)CN1. The number of benzene rings is 1. The number of carbonyl (C=O) groups is 1. The Hall–Kier alpha value is -1.77. The molecule has 3 nitrogen and oxygen atoms in total. The summed E-state index contributed by atoms with van der Waals surface area (Å²) in [4.78, 5) is 10.9. The summed E-state index contributed by atoms with van der Waals surface area (Å²) in [6.45, 7) is -0.598. The number of carbonyl (C=O) groups excluding carboxylic acids is 1. The first-order valence-corrected chi connectivity index (χ1v) is 5.75. The molecule has 1 amide bonds. The molecule has 0 spiro atoms. The topological polar surface area (TPSA) is 38.3 Å². The van der Waals surface area contributed by atoms with Crippen molar-refractivity contribution in [3.05, 3.63) is 34.9 Å². The standard InChI is InChI=1S/C12H9F6NO2/c13-11(14,15)7-1-6(2-8(3-7)12(16,17)18)9-4-19-10(20)5-21-9/h1-3,9H,4-5H2,(H,19,20). The second-order valence-electron chi connectivity index (χ2n) is 4.44. The van der Waals surface area contributed by atoms with Crippen molar-refractivity contribution in [3.63, 3.8) is 0 Å². The fourth-order valence-corrected chi connectivity index (χ4v) is 1.87. The molecule has 1 aliphatic rings. The number of ether oxygens (including phenoxy) is 1. The molecular formula is C12H9F6NO2. The van der Waals surface area contributed by atoms with Crippen LogP contribution < -0.4 is 5.32 Å². The van der Waals surface area contributed by atoms with Gasteiger partial charge in [-0.15, -0.1) is 0 Å². The van der Waals surface area contributed by atoms with Gasteiger partial charge in [-0.3, -0.25) is 4.79 Å². The molecule has 1 N–H and O–H groups in total. The van der Waals surface area contributed by atoms with Gasteiger partial charge < -0.3 is 10.1 Å². The van der Waals surface area contributed by atoms with E-state index >= 15 is 0 Å². The van der Waals surface area contributed by atoms with Gasteiger partial charge >= 0.3 is 12.4 Å². The van der Waals surface area contributed by atoms with E-state index in [1.807, 2.05) is 0 Å². The lowest BCUT2D eigenvalue weighted by molar-refractivity contribution is -0.144. The lowest BCUT2D eigenvalue weighted by atomic mass is 10.0. The first-order chi connectivity index (χ1) is 9.57. The van der Waals surface area contributed by atoms with Crippen molar-refractivity contribution in [3.8, 4) is 0 Å². The van der Waals surface area contributed by atoms with Gasteiger partial charge in [0.2, 0.25) is 5.91 Å². The quantitative estimate of drug-likeness (QED) is 0.810. The van der Waals surface area contributed by atoms with Crippen LogP contribution in [0.3, 0.4) is 0 Å². The number of nitrogens with one attached hydrogen (secondary N) is 1. The number of halogens is 6. The van der Waals surface area contributed by atoms with E-state index in [2.05, 4.69) is 5.32 Å². The summed E-state index contributed by atoms with van der Waals surface area (Å²) in [5.41, 5.74) is -3.10. The van der Waals surface area contributed by atoms with E-state index in [1.165, 1.54) is 0 Å². The summed E-state index contributed by atoms with van der Waals surface area (Å²) in [7, 11) is 0. The van der Waals surface area contributed by atoms with Crippen LogP contribution in [0, 0.1) is 0 Å². The Morgan fingerprint density at radius 2 is 1.52 bits per heavy atom. The minimum Gasteiger partial charge on any atom is -0.362 e. The van der Waals surface area contributed by atoms with Crippen LogP contribution in [-0.4, -0.2) is 19.1 Å². The summed E-state index contributed by atoms with van der Waals surface area (Å²) >= 11 is 0. The van der Waals surface area contributed by atoms with Crippen molar-refractivity contribution in [2.24, 2.45) is 0 Å². The van der Waals surface area contributed by atoms with E-state index in [4.69, 9.17) is 4.74 Å². The minimum atomic E-state index is -4.91. The highest BCUT2D eigenvalue weighted by Crippen LogP contribution is 2.38. The molecule has 1 aromatic rings. The molecule has 21 heavy (non-hydrogen) atoms. The van der Waals surface area contributed by atoms with Gasteiger partial charge in [-0.2, -0.15) is 26.3 Å². The van der Waals surface area contributed by atoms with Crippen LogP contribution in [0.2, 0.25) is 0 Å². The predicted octanol–water partition coefficient (Wildman–Crippen LogP) is 2.91. The fraction of sp³-hybridized carbons (Fsp3) is 0.417. The number of morpholine rings is 1. The molecule has 1 fully saturated rings. The Morgan fingerprint density at radius 1 is 1.00 bits per heavy atom. The van der Waals surface area contributed by atoms with E-state index in [0.29, 0.717) is 12.1 Å². The second kappa shape index (κ2) is 5.21. The summed E-state index contributed by atoms with van der Waals surface area (Å²) in [5.74, 6) is -0.478. The fourth-order valence-electron chi connectivity index (χ4n) is 1.87. The molecule has 1 heterocycles. The molecule has 116 valence electrons. The van der Waals surface area contributed by atoms with Gasteiger partial charge in [0.1, 0.15) is 12.7 Å². The molecule has 0 aliphatic carbocycles. The number of hydrogen-bond donors (Lipinski definition) is 1. The first kappa shape index (κ1) is 15.6. The number of hydrogen-bond acceptors (Lipinski definition) is 2. The van der Waals surface area contributed by atoms with Gasteiger partial charge in [-0.25, -0.2) is 0 Å². The third kappa shape index (κ3) is 3.66. The lowest BCUT2D eigenvalue weighted by Crippen LogP contribution is -2.38. The molecule has 0 saturated carbocycles. The lowest BCUT2D eigenvalue weighted by Gasteiger charge is -2.25. The van der Waals surface area contributed by atoms with E-state index in [1.54, 1.807) is 0 Å². The Bertz CT molecular complexity index is 509. The number of amides is 1. The van der Waals surface area contributed by atoms with Crippen molar-refractivity contribution in [2.75, 3.05) is 13.2 Å². The largest absolute Gasteiger partial charge is 0.416 e. The molecule has 1 saturated heterocycles. The van der Waals surface area contributed by atoms with Crippen LogP contribution in [0.25, 0.3) is 0 Å². The maximum Gasteiger partial charge on any atom is 0.416 e. The van der Waals surface area contributed by atoms with Crippen molar-refractivity contribution < 1.29 is 35.9 Å². The molecule has 1 aliphatic heterocycles. The summed E-state index contributed by atoms with van der Waals surface area (Å²) in [6, 6.07) is 1.24. The number of rotatable bonds is 1. The van der Waals surface area contributed by atoms with E-state index < -0.39 is 42.1 Å². The predicted molar refractivity (Wildman–Crippen MR) is 58.1 cm³/mol. The smallest absolute Gasteiger partial charge is 0.362 e. The Kier molecular flexibility index (Phi) is 3.87. The highest BCUT2D eigenvalue weighted by molar-refractivity contribution is 5.77. The van der Waals surface area contributed by atoms with Gasteiger partial charge in [0.15, 0.2) is 0 Å². The second-order valence-corrected chi connectivity index (χ2v) is 4.44. The third-order valence-electron chi connectivity index (χ3n) is 2.88. The van der Waals surface area contributed by atoms with E-state index in [-0.39, 0.29) is 18.2 Å². The van der Waals surface area contributed by atoms with E-state index in [0.717, 1.165) is 0 Å². The molecule has 0 radical (unpaired) electrons. The molecular weight excluding hydrogens is 304 g/mol. The molecule has 1 aromatic carbocycles. The van der Waals surface area contributed by atoms with Crippen molar-refractivity contribution in [1.29, 1.82) is 0 Å². The van der Waals surface area contributed by atoms with Crippen LogP contribution in [0.5, 0.6) is 0 Å². The van der Waals surface area contributed by atoms with Crippen molar-refractivity contribution in [1.82, 2.24) is 5.32 Å². The zero-order chi connectivity index (χ0) is 15.8. The Balaban J connectivity index is 2.43. The normalized spacial score (nSPS) is 20.3. The Morgan fingerprint density at radius 3 is 1.90 bits per heavy atom. The summed E-state index contributed by atoms with van der Waals surface area (Å²) < 4.78 is 81.1. The third-order valence-corrected chi connectivity index (χ3v) is 2.88. The van der Waals surface area contributed by atoms with Gasteiger partial charge in [0, 0.05) is 6.54 Å². The highest BCUT2D eigenvalue weighted by atomic mass is 19.4. The molecule has 1 atom stereocenters. The zero-order valence-electron chi connectivity index (χ0n) is 10.3. The van der Waals surface area contributed by atoms with Gasteiger partial charge in [0.25, 0.3) is 0 Å².